The summed E-state index contributed by atoms with van der Waals surface area (Å²) in [4.78, 5) is 45.9. The fraction of sp³-hybridized carbons (Fsp3) is 0.521. The number of unbranched alkanes of at least 4 members (excludes halogenated alkanes) is 4. The molecular formula is C48H74NO11P. The van der Waals surface area contributed by atoms with Crippen molar-refractivity contribution in [2.24, 2.45) is 5.73 Å². The summed E-state index contributed by atoms with van der Waals surface area (Å²) < 4.78 is 32.5. The van der Waals surface area contributed by atoms with Gasteiger partial charge < -0.3 is 30.3 Å². The van der Waals surface area contributed by atoms with Crippen LogP contribution < -0.4 is 5.73 Å². The Morgan fingerprint density at radius 2 is 1.13 bits per heavy atom. The molecule has 0 spiro atoms. The lowest BCUT2D eigenvalue weighted by molar-refractivity contribution is -0.161. The van der Waals surface area contributed by atoms with E-state index in [9.17, 15) is 28.9 Å². The van der Waals surface area contributed by atoms with Gasteiger partial charge in [-0.05, 0) is 83.5 Å². The van der Waals surface area contributed by atoms with Gasteiger partial charge in [0.1, 0.15) is 12.6 Å². The van der Waals surface area contributed by atoms with Crippen molar-refractivity contribution >= 4 is 25.7 Å². The molecule has 0 heterocycles. The van der Waals surface area contributed by atoms with Gasteiger partial charge in [0.15, 0.2) is 6.10 Å². The third-order valence-electron chi connectivity index (χ3n) is 8.29. The van der Waals surface area contributed by atoms with Crippen molar-refractivity contribution in [1.29, 1.82) is 0 Å². The van der Waals surface area contributed by atoms with Crippen LogP contribution >= 0.6 is 7.82 Å². The second-order valence-corrected chi connectivity index (χ2v) is 15.4. The van der Waals surface area contributed by atoms with Crippen LogP contribution in [0.1, 0.15) is 123 Å². The molecule has 0 saturated carbocycles. The fourth-order valence-corrected chi connectivity index (χ4v) is 5.65. The van der Waals surface area contributed by atoms with Gasteiger partial charge in [0.2, 0.25) is 0 Å². The summed E-state index contributed by atoms with van der Waals surface area (Å²) in [6, 6.07) is -1.55. The normalized spacial score (nSPS) is 15.4. The molecular weight excluding hydrogens is 797 g/mol. The molecule has 0 fully saturated rings. The van der Waals surface area contributed by atoms with Crippen LogP contribution in [0.2, 0.25) is 0 Å². The molecule has 342 valence electrons. The molecule has 0 aromatic heterocycles. The molecule has 0 radical (unpaired) electrons. The number of allylic oxidation sites excluding steroid dienone is 18. The molecule has 2 unspecified atom stereocenters. The zero-order valence-corrected chi connectivity index (χ0v) is 37.4. The molecule has 0 aliphatic heterocycles. The molecule has 0 aromatic rings. The van der Waals surface area contributed by atoms with Crippen molar-refractivity contribution in [3.8, 4) is 0 Å². The Morgan fingerprint density at radius 3 is 1.69 bits per heavy atom. The SMILES string of the molecule is CC/C=C\CC(O)/C=C/C=C/C/C=C\C/C=C\C/C=C\CCC(=O)O[C@H](COC(=O)CCC/C=C\C/C=C\C/C=C\C/C=C\CCCCC)COP(=O)(O)OC[C@H](N)C(=O)O. The summed E-state index contributed by atoms with van der Waals surface area (Å²) in [6.45, 7) is 2.40. The average Bonchev–Trinajstić information content (AvgIpc) is 3.23. The van der Waals surface area contributed by atoms with Crippen LogP contribution in [0.15, 0.2) is 122 Å². The van der Waals surface area contributed by atoms with Crippen molar-refractivity contribution in [2.75, 3.05) is 19.8 Å². The lowest BCUT2D eigenvalue weighted by atomic mass is 10.2. The van der Waals surface area contributed by atoms with Crippen molar-refractivity contribution in [2.45, 2.75) is 141 Å². The van der Waals surface area contributed by atoms with Crippen LogP contribution in [-0.4, -0.2) is 71.1 Å². The zero-order chi connectivity index (χ0) is 45.1. The standard InChI is InChI=1S/C48H74NO11P/c1-3-5-7-8-9-10-11-12-13-14-15-18-21-24-27-30-34-38-46(51)57-40-44(41-58-61(55,56)59-42-45(49)48(53)54)60-47(52)39-35-31-28-25-22-19-16-17-20-23-26-29-33-37-43(50)36-32-6-4-2/h6,9-10,12-13,15,17-20,22,24,26-29,31-33,37,43-45,50H,3-5,7-8,11,14,16,21,23,25,30,34-36,38-42,49H2,1-2H3,(H,53,54)(H,55,56)/b10-9-,13-12-,18-15-,20-17-,22-19-,27-24-,29-26+,31-28-,32-6-,37-33+/t43?,44-,45+/m1/s1. The maximum Gasteiger partial charge on any atom is 0.472 e. The number of aliphatic hydroxyl groups is 1. The maximum absolute atomic E-state index is 12.6. The zero-order valence-electron chi connectivity index (χ0n) is 36.6. The van der Waals surface area contributed by atoms with E-state index in [1.165, 1.54) is 19.3 Å². The highest BCUT2D eigenvalue weighted by Gasteiger charge is 2.28. The predicted molar refractivity (Wildman–Crippen MR) is 245 cm³/mol. The number of nitrogens with two attached hydrogens (primary N) is 1. The van der Waals surface area contributed by atoms with Gasteiger partial charge in [0.25, 0.3) is 0 Å². The fourth-order valence-electron chi connectivity index (χ4n) is 4.87. The Morgan fingerprint density at radius 1 is 0.607 bits per heavy atom. The topological polar surface area (TPSA) is 192 Å². The van der Waals surface area contributed by atoms with Gasteiger partial charge in [-0.1, -0.05) is 148 Å². The minimum atomic E-state index is -4.77. The van der Waals surface area contributed by atoms with Gasteiger partial charge >= 0.3 is 25.7 Å². The Labute approximate surface area is 365 Å². The Hall–Kier alpha value is -4.16. The Balaban J connectivity index is 4.65. The number of carboxylic acids is 1. The first-order valence-electron chi connectivity index (χ1n) is 21.7. The summed E-state index contributed by atoms with van der Waals surface area (Å²) in [7, 11) is -4.77. The lowest BCUT2D eigenvalue weighted by Crippen LogP contribution is -2.34. The summed E-state index contributed by atoms with van der Waals surface area (Å²) in [5.74, 6) is -2.61. The average molecular weight is 872 g/mol. The third kappa shape index (κ3) is 41.0. The molecule has 0 aliphatic carbocycles. The largest absolute Gasteiger partial charge is 0.480 e. The molecule has 0 aromatic carbocycles. The van der Waals surface area contributed by atoms with Crippen LogP contribution in [0.3, 0.4) is 0 Å². The van der Waals surface area contributed by atoms with E-state index in [1.807, 2.05) is 66.8 Å². The van der Waals surface area contributed by atoms with Gasteiger partial charge in [-0.3, -0.25) is 23.4 Å². The second kappa shape index (κ2) is 41.2. The van der Waals surface area contributed by atoms with Gasteiger partial charge in [-0.2, -0.15) is 0 Å². The Bertz CT molecular complexity index is 1510. The quantitative estimate of drug-likeness (QED) is 0.0151. The number of phosphoric acid groups is 1. The first-order valence-corrected chi connectivity index (χ1v) is 23.2. The van der Waals surface area contributed by atoms with E-state index in [2.05, 4.69) is 67.0 Å². The molecule has 0 aliphatic rings. The molecule has 0 saturated heterocycles. The van der Waals surface area contributed by atoms with Gasteiger partial charge in [-0.15, -0.1) is 0 Å². The number of carboxylic acid groups (broad SMARTS) is 1. The number of phosphoric ester groups is 1. The van der Waals surface area contributed by atoms with E-state index in [0.717, 1.165) is 44.9 Å². The predicted octanol–water partition coefficient (Wildman–Crippen LogP) is 10.6. The number of carbonyl (C=O) groups is 3. The maximum atomic E-state index is 12.6. The number of esters is 2. The molecule has 5 N–H and O–H groups in total. The highest BCUT2D eigenvalue weighted by Crippen LogP contribution is 2.43. The molecule has 13 heteroatoms. The van der Waals surface area contributed by atoms with E-state index in [1.54, 1.807) is 6.08 Å². The summed E-state index contributed by atoms with van der Waals surface area (Å²) in [5, 5.41) is 18.7. The van der Waals surface area contributed by atoms with Crippen LogP contribution in [0, 0.1) is 0 Å². The minimum absolute atomic E-state index is 0.000791. The van der Waals surface area contributed by atoms with Gasteiger partial charge in [0, 0.05) is 12.8 Å². The smallest absolute Gasteiger partial charge is 0.472 e. The molecule has 0 rings (SSSR count). The summed E-state index contributed by atoms with van der Waals surface area (Å²) in [6.07, 6.45) is 51.9. The Kier molecular flexibility index (Phi) is 38.4. The lowest BCUT2D eigenvalue weighted by Gasteiger charge is -2.20. The summed E-state index contributed by atoms with van der Waals surface area (Å²) >= 11 is 0. The van der Waals surface area contributed by atoms with Crippen molar-refractivity contribution in [3.05, 3.63) is 122 Å². The van der Waals surface area contributed by atoms with Crippen molar-refractivity contribution < 1.29 is 52.6 Å². The second-order valence-electron chi connectivity index (χ2n) is 13.9. The van der Waals surface area contributed by atoms with E-state index in [-0.39, 0.29) is 12.8 Å². The van der Waals surface area contributed by atoms with Crippen LogP contribution in [0.4, 0.5) is 0 Å². The number of carbonyl (C=O) groups excluding carboxylic acids is 2. The number of hydrogen-bond donors (Lipinski definition) is 4. The number of ether oxygens (including phenoxy) is 2. The first-order chi connectivity index (χ1) is 29.5. The van der Waals surface area contributed by atoms with Crippen LogP contribution in [-0.2, 0) is 37.5 Å². The van der Waals surface area contributed by atoms with Crippen LogP contribution in [0.25, 0.3) is 0 Å². The highest BCUT2D eigenvalue weighted by molar-refractivity contribution is 7.47. The summed E-state index contributed by atoms with van der Waals surface area (Å²) in [5.41, 5.74) is 5.32. The highest BCUT2D eigenvalue weighted by atomic mass is 31.2. The van der Waals surface area contributed by atoms with E-state index < -0.39 is 63.8 Å². The third-order valence-corrected chi connectivity index (χ3v) is 9.24. The first kappa shape index (κ1) is 56.8. The molecule has 61 heavy (non-hydrogen) atoms. The molecule has 4 atom stereocenters. The monoisotopic (exact) mass is 871 g/mol. The van der Waals surface area contributed by atoms with E-state index >= 15 is 0 Å². The number of aliphatic carboxylic acids is 1. The number of hydrogen-bond acceptors (Lipinski definition) is 10. The van der Waals surface area contributed by atoms with E-state index in [0.29, 0.717) is 32.1 Å². The minimum Gasteiger partial charge on any atom is -0.480 e. The molecule has 0 bridgehead atoms. The van der Waals surface area contributed by atoms with Crippen molar-refractivity contribution in [3.63, 3.8) is 0 Å². The molecule has 0 amide bonds. The van der Waals surface area contributed by atoms with Crippen LogP contribution in [0.5, 0.6) is 0 Å². The number of rotatable bonds is 38. The van der Waals surface area contributed by atoms with E-state index in [4.69, 9.17) is 24.8 Å². The van der Waals surface area contributed by atoms with Gasteiger partial charge in [0.05, 0.1) is 19.3 Å². The number of aliphatic hydroxyl groups excluding tert-OH is 1. The molecule has 12 nitrogen and oxygen atoms in total. The van der Waals surface area contributed by atoms with Crippen molar-refractivity contribution in [1.82, 2.24) is 0 Å². The van der Waals surface area contributed by atoms with Gasteiger partial charge in [-0.25, -0.2) is 4.57 Å².